The number of hydrogen-bond acceptors (Lipinski definition) is 4. The lowest BCUT2D eigenvalue weighted by atomic mass is 10.2. The summed E-state index contributed by atoms with van der Waals surface area (Å²) in [5.74, 6) is -1.51. The first-order valence-electron chi connectivity index (χ1n) is 3.72. The monoisotopic (exact) mass is 175 g/mol. The Labute approximate surface area is 70.5 Å². The van der Waals surface area contributed by atoms with Crippen molar-refractivity contribution in [1.82, 2.24) is 0 Å². The molecule has 1 atom stereocenters. The van der Waals surface area contributed by atoms with Crippen molar-refractivity contribution in [2.75, 3.05) is 6.61 Å². The van der Waals surface area contributed by atoms with E-state index in [-0.39, 0.29) is 12.8 Å². The van der Waals surface area contributed by atoms with Crippen LogP contribution in [0.1, 0.15) is 19.8 Å². The van der Waals surface area contributed by atoms with Crippen LogP contribution in [0.5, 0.6) is 0 Å². The molecule has 5 nitrogen and oxygen atoms in total. The van der Waals surface area contributed by atoms with Crippen molar-refractivity contribution < 1.29 is 19.4 Å². The number of esters is 1. The smallest absolute Gasteiger partial charge is 0.320 e. The molecule has 12 heavy (non-hydrogen) atoms. The van der Waals surface area contributed by atoms with Crippen molar-refractivity contribution >= 4 is 11.9 Å². The van der Waals surface area contributed by atoms with Crippen LogP contribution >= 0.6 is 0 Å². The summed E-state index contributed by atoms with van der Waals surface area (Å²) in [6.07, 6.45) is 0.176. The Morgan fingerprint density at radius 3 is 2.58 bits per heavy atom. The van der Waals surface area contributed by atoms with Crippen LogP contribution in [0.2, 0.25) is 0 Å². The molecule has 0 saturated carbocycles. The quantitative estimate of drug-likeness (QED) is 0.562. The van der Waals surface area contributed by atoms with Crippen molar-refractivity contribution in [1.29, 1.82) is 0 Å². The predicted octanol–water partition coefficient (Wildman–Crippen LogP) is -0.258. The van der Waals surface area contributed by atoms with Gasteiger partial charge in [0.25, 0.3) is 0 Å². The van der Waals surface area contributed by atoms with E-state index in [2.05, 4.69) is 4.74 Å². The van der Waals surface area contributed by atoms with Gasteiger partial charge in [0.1, 0.15) is 6.04 Å². The number of nitrogens with two attached hydrogens (primary N) is 1. The van der Waals surface area contributed by atoms with Gasteiger partial charge in [0, 0.05) is 6.42 Å². The molecule has 0 bridgehead atoms. The summed E-state index contributed by atoms with van der Waals surface area (Å²) in [6.45, 7) is 2.00. The first-order chi connectivity index (χ1) is 5.57. The Bertz CT molecular complexity index is 169. The van der Waals surface area contributed by atoms with Crippen molar-refractivity contribution in [3.05, 3.63) is 0 Å². The maximum Gasteiger partial charge on any atom is 0.320 e. The molecule has 0 radical (unpaired) electrons. The number of rotatable bonds is 5. The van der Waals surface area contributed by atoms with Crippen LogP contribution in [0.15, 0.2) is 0 Å². The van der Waals surface area contributed by atoms with Crippen molar-refractivity contribution in [3.63, 3.8) is 0 Å². The lowest BCUT2D eigenvalue weighted by Gasteiger charge is -2.04. The standard InChI is InChI=1S/C7H13NO4/c1-2-12-6(9)4-3-5(8)7(10)11/h5H,2-4,8H2,1H3,(H,10,11)/t5-/m1/s1. The lowest BCUT2D eigenvalue weighted by Crippen LogP contribution is -2.30. The summed E-state index contributed by atoms with van der Waals surface area (Å²) < 4.78 is 4.58. The highest BCUT2D eigenvalue weighted by Gasteiger charge is 2.13. The van der Waals surface area contributed by atoms with Crippen LogP contribution in [-0.4, -0.2) is 29.7 Å². The maximum absolute atomic E-state index is 10.7. The highest BCUT2D eigenvalue weighted by molar-refractivity contribution is 5.75. The molecule has 0 spiro atoms. The molecule has 0 saturated heterocycles. The second-order valence-corrected chi connectivity index (χ2v) is 2.29. The molecule has 0 aliphatic rings. The van der Waals surface area contributed by atoms with Crippen LogP contribution in [-0.2, 0) is 14.3 Å². The second-order valence-electron chi connectivity index (χ2n) is 2.29. The fourth-order valence-electron chi connectivity index (χ4n) is 0.630. The van der Waals surface area contributed by atoms with E-state index in [1.807, 2.05) is 0 Å². The van der Waals surface area contributed by atoms with E-state index in [9.17, 15) is 9.59 Å². The van der Waals surface area contributed by atoms with E-state index in [1.54, 1.807) is 6.92 Å². The third kappa shape index (κ3) is 4.68. The average Bonchev–Trinajstić information content (AvgIpc) is 2.00. The highest BCUT2D eigenvalue weighted by Crippen LogP contribution is 1.96. The Hall–Kier alpha value is -1.10. The molecule has 0 unspecified atom stereocenters. The zero-order valence-electron chi connectivity index (χ0n) is 6.95. The number of carbonyl (C=O) groups excluding carboxylic acids is 1. The second kappa shape index (κ2) is 5.54. The Morgan fingerprint density at radius 2 is 2.17 bits per heavy atom. The van der Waals surface area contributed by atoms with Gasteiger partial charge >= 0.3 is 11.9 Å². The third-order valence-corrected chi connectivity index (χ3v) is 1.28. The van der Waals surface area contributed by atoms with Crippen LogP contribution in [0.25, 0.3) is 0 Å². The molecule has 0 aromatic heterocycles. The third-order valence-electron chi connectivity index (χ3n) is 1.28. The van der Waals surface area contributed by atoms with E-state index in [1.165, 1.54) is 0 Å². The van der Waals surface area contributed by atoms with Gasteiger partial charge in [-0.2, -0.15) is 0 Å². The van der Waals surface area contributed by atoms with Gasteiger partial charge in [-0.3, -0.25) is 9.59 Å². The Balaban J connectivity index is 3.54. The van der Waals surface area contributed by atoms with Crippen LogP contribution in [0, 0.1) is 0 Å². The van der Waals surface area contributed by atoms with Crippen LogP contribution < -0.4 is 5.73 Å². The van der Waals surface area contributed by atoms with Crippen molar-refractivity contribution in [3.8, 4) is 0 Å². The summed E-state index contributed by atoms with van der Waals surface area (Å²) in [4.78, 5) is 20.9. The SMILES string of the molecule is CCOC(=O)CC[C@@H](N)C(=O)O. The number of aliphatic carboxylic acids is 1. The van der Waals surface area contributed by atoms with Gasteiger partial charge in [-0.05, 0) is 13.3 Å². The number of carbonyl (C=O) groups is 2. The summed E-state index contributed by atoms with van der Waals surface area (Å²) in [6, 6.07) is -0.977. The molecule has 0 heterocycles. The van der Waals surface area contributed by atoms with Gasteiger partial charge in [-0.1, -0.05) is 0 Å². The minimum atomic E-state index is -1.10. The van der Waals surface area contributed by atoms with E-state index in [0.717, 1.165) is 0 Å². The molecular weight excluding hydrogens is 162 g/mol. The molecule has 70 valence electrons. The molecule has 0 aromatic rings. The summed E-state index contributed by atoms with van der Waals surface area (Å²) in [5, 5.41) is 8.35. The predicted molar refractivity (Wildman–Crippen MR) is 41.5 cm³/mol. The summed E-state index contributed by atoms with van der Waals surface area (Å²) >= 11 is 0. The molecule has 5 heteroatoms. The highest BCUT2D eigenvalue weighted by atomic mass is 16.5. The van der Waals surface area contributed by atoms with Crippen molar-refractivity contribution in [2.45, 2.75) is 25.8 Å². The minimum absolute atomic E-state index is 0.0569. The molecule has 0 amide bonds. The molecular formula is C7H13NO4. The van der Waals surface area contributed by atoms with E-state index in [4.69, 9.17) is 10.8 Å². The molecule has 3 N–H and O–H groups in total. The fraction of sp³-hybridized carbons (Fsp3) is 0.714. The van der Waals surface area contributed by atoms with Gasteiger partial charge < -0.3 is 15.6 Å². The van der Waals surface area contributed by atoms with Crippen LogP contribution in [0.3, 0.4) is 0 Å². The first-order valence-corrected chi connectivity index (χ1v) is 3.72. The van der Waals surface area contributed by atoms with Crippen molar-refractivity contribution in [2.24, 2.45) is 5.73 Å². The number of hydrogen-bond donors (Lipinski definition) is 2. The largest absolute Gasteiger partial charge is 0.480 e. The maximum atomic E-state index is 10.7. The van der Waals surface area contributed by atoms with Gasteiger partial charge in [-0.25, -0.2) is 0 Å². The molecule has 0 fully saturated rings. The Morgan fingerprint density at radius 1 is 1.58 bits per heavy atom. The zero-order chi connectivity index (χ0) is 9.56. The molecule has 0 rings (SSSR count). The van der Waals surface area contributed by atoms with Gasteiger partial charge in [-0.15, -0.1) is 0 Å². The number of carboxylic acid groups (broad SMARTS) is 1. The topological polar surface area (TPSA) is 89.6 Å². The van der Waals surface area contributed by atoms with Gasteiger partial charge in [0.2, 0.25) is 0 Å². The minimum Gasteiger partial charge on any atom is -0.480 e. The van der Waals surface area contributed by atoms with Gasteiger partial charge in [0.05, 0.1) is 6.61 Å². The molecule has 0 aliphatic carbocycles. The Kier molecular flexibility index (Phi) is 5.03. The van der Waals surface area contributed by atoms with E-state index >= 15 is 0 Å². The average molecular weight is 175 g/mol. The summed E-state index contributed by atoms with van der Waals surface area (Å²) in [7, 11) is 0. The van der Waals surface area contributed by atoms with E-state index < -0.39 is 18.0 Å². The van der Waals surface area contributed by atoms with Crippen LogP contribution in [0.4, 0.5) is 0 Å². The normalized spacial score (nSPS) is 12.2. The molecule has 0 aliphatic heterocycles. The summed E-state index contributed by atoms with van der Waals surface area (Å²) in [5.41, 5.74) is 5.15. The van der Waals surface area contributed by atoms with Gasteiger partial charge in [0.15, 0.2) is 0 Å². The molecule has 0 aromatic carbocycles. The number of carboxylic acids is 1. The lowest BCUT2D eigenvalue weighted by molar-refractivity contribution is -0.143. The fourth-order valence-corrected chi connectivity index (χ4v) is 0.630. The van der Waals surface area contributed by atoms with E-state index in [0.29, 0.717) is 6.61 Å². The first kappa shape index (κ1) is 10.9. The zero-order valence-corrected chi connectivity index (χ0v) is 6.95. The number of ether oxygens (including phenoxy) is 1.